The van der Waals surface area contributed by atoms with Gasteiger partial charge in [-0.05, 0) is 51.8 Å². The molecule has 0 spiro atoms. The summed E-state index contributed by atoms with van der Waals surface area (Å²) in [6.45, 7) is 5.06. The Morgan fingerprint density at radius 2 is 1.72 bits per heavy atom. The van der Waals surface area contributed by atoms with Crippen molar-refractivity contribution < 1.29 is 22.7 Å². The van der Waals surface area contributed by atoms with Crippen molar-refractivity contribution in [2.45, 2.75) is 82.4 Å². The van der Waals surface area contributed by atoms with Gasteiger partial charge in [0, 0.05) is 19.1 Å². The maximum absolute atomic E-state index is 12.6. The van der Waals surface area contributed by atoms with E-state index in [1.807, 2.05) is 0 Å². The predicted octanol–water partition coefficient (Wildman–Crippen LogP) is 3.10. The molecule has 29 heavy (non-hydrogen) atoms. The summed E-state index contributed by atoms with van der Waals surface area (Å²) in [7, 11) is -2.22. The SMILES string of the molecule is CC(C)N(C)S(=O)(=O)c1cccc(C(=O)O[C@@H](C)C(=O)NC2CCCCCC2)c1. The summed E-state index contributed by atoms with van der Waals surface area (Å²) in [5, 5.41) is 2.96. The molecule has 8 heteroatoms. The Kier molecular flexibility index (Phi) is 8.22. The lowest BCUT2D eigenvalue weighted by atomic mass is 10.1. The minimum atomic E-state index is -3.72. The fourth-order valence-electron chi connectivity index (χ4n) is 3.25. The lowest BCUT2D eigenvalue weighted by Gasteiger charge is -2.21. The van der Waals surface area contributed by atoms with Gasteiger partial charge in [0.25, 0.3) is 5.91 Å². The molecule has 1 N–H and O–H groups in total. The third kappa shape index (κ3) is 6.27. The Morgan fingerprint density at radius 1 is 1.10 bits per heavy atom. The zero-order valence-electron chi connectivity index (χ0n) is 17.7. The van der Waals surface area contributed by atoms with Crippen LogP contribution in [-0.4, -0.2) is 49.8 Å². The molecule has 0 aromatic heterocycles. The first-order valence-electron chi connectivity index (χ1n) is 10.2. The number of nitrogens with one attached hydrogen (secondary N) is 1. The molecule has 0 saturated heterocycles. The summed E-state index contributed by atoms with van der Waals surface area (Å²) >= 11 is 0. The number of rotatable bonds is 7. The van der Waals surface area contributed by atoms with Gasteiger partial charge in [-0.3, -0.25) is 4.79 Å². The van der Waals surface area contributed by atoms with Gasteiger partial charge < -0.3 is 10.1 Å². The quantitative estimate of drug-likeness (QED) is 0.536. The number of sulfonamides is 1. The molecule has 2 rings (SSSR count). The molecule has 7 nitrogen and oxygen atoms in total. The molecular formula is C21H32N2O5S. The second kappa shape index (κ2) is 10.2. The van der Waals surface area contributed by atoms with E-state index < -0.39 is 22.1 Å². The number of carbonyl (C=O) groups is 2. The minimum Gasteiger partial charge on any atom is -0.449 e. The van der Waals surface area contributed by atoms with Crippen LogP contribution in [0.5, 0.6) is 0 Å². The largest absolute Gasteiger partial charge is 0.449 e. The van der Waals surface area contributed by atoms with E-state index in [1.54, 1.807) is 13.8 Å². The van der Waals surface area contributed by atoms with Crippen LogP contribution in [0.2, 0.25) is 0 Å². The lowest BCUT2D eigenvalue weighted by molar-refractivity contribution is -0.129. The standard InChI is InChI=1S/C21H32N2O5S/c1-15(2)23(4)29(26,27)19-13-9-10-17(14-19)21(25)28-16(3)20(24)22-18-11-7-5-6-8-12-18/h9-10,13-16,18H,5-8,11-12H2,1-4H3,(H,22,24)/t16-/m0/s1. The molecule has 1 fully saturated rings. The fraction of sp³-hybridized carbons (Fsp3) is 0.619. The third-order valence-corrected chi connectivity index (χ3v) is 7.36. The molecule has 1 atom stereocenters. The molecule has 1 aliphatic carbocycles. The summed E-state index contributed by atoms with van der Waals surface area (Å²) in [6.07, 6.45) is 5.47. The van der Waals surface area contributed by atoms with Crippen LogP contribution >= 0.6 is 0 Å². The monoisotopic (exact) mass is 424 g/mol. The Balaban J connectivity index is 2.04. The van der Waals surface area contributed by atoms with E-state index >= 15 is 0 Å². The van der Waals surface area contributed by atoms with E-state index in [2.05, 4.69) is 5.32 Å². The topological polar surface area (TPSA) is 92.8 Å². The number of hydrogen-bond acceptors (Lipinski definition) is 5. The Bertz CT molecular complexity index is 814. The number of amides is 1. The van der Waals surface area contributed by atoms with Gasteiger partial charge in [-0.2, -0.15) is 4.31 Å². The first-order chi connectivity index (χ1) is 13.6. The third-order valence-electron chi connectivity index (χ3n) is 5.33. The number of benzene rings is 1. The van der Waals surface area contributed by atoms with Crippen molar-refractivity contribution in [2.24, 2.45) is 0 Å². The molecule has 1 aromatic carbocycles. The summed E-state index contributed by atoms with van der Waals surface area (Å²) in [5.74, 6) is -1.05. The molecule has 1 saturated carbocycles. The predicted molar refractivity (Wildman–Crippen MR) is 111 cm³/mol. The maximum Gasteiger partial charge on any atom is 0.338 e. The van der Waals surface area contributed by atoms with Crippen LogP contribution in [0.25, 0.3) is 0 Å². The van der Waals surface area contributed by atoms with Crippen molar-refractivity contribution in [3.63, 3.8) is 0 Å². The van der Waals surface area contributed by atoms with Crippen molar-refractivity contribution in [2.75, 3.05) is 7.05 Å². The van der Waals surface area contributed by atoms with Gasteiger partial charge in [-0.15, -0.1) is 0 Å². The highest BCUT2D eigenvalue weighted by Crippen LogP contribution is 2.19. The summed E-state index contributed by atoms with van der Waals surface area (Å²) in [6, 6.07) is 5.59. The molecule has 162 valence electrons. The second-order valence-electron chi connectivity index (χ2n) is 7.89. The van der Waals surface area contributed by atoms with Crippen molar-refractivity contribution in [3.05, 3.63) is 29.8 Å². The first kappa shape index (κ1) is 23.3. The van der Waals surface area contributed by atoms with Gasteiger partial charge in [-0.1, -0.05) is 31.7 Å². The minimum absolute atomic E-state index is 0.0127. The maximum atomic E-state index is 12.6. The van der Waals surface area contributed by atoms with Gasteiger partial charge in [-0.25, -0.2) is 13.2 Å². The van der Waals surface area contributed by atoms with Crippen LogP contribution in [-0.2, 0) is 19.6 Å². The molecule has 0 bridgehead atoms. The van der Waals surface area contributed by atoms with Gasteiger partial charge >= 0.3 is 5.97 Å². The molecule has 1 aliphatic rings. The number of hydrogen-bond donors (Lipinski definition) is 1. The zero-order valence-corrected chi connectivity index (χ0v) is 18.5. The van der Waals surface area contributed by atoms with E-state index in [-0.39, 0.29) is 28.4 Å². The highest BCUT2D eigenvalue weighted by atomic mass is 32.2. The van der Waals surface area contributed by atoms with Crippen LogP contribution in [0.1, 0.15) is 69.7 Å². The fourth-order valence-corrected chi connectivity index (χ4v) is 4.67. The molecule has 0 unspecified atom stereocenters. The summed E-state index contributed by atoms with van der Waals surface area (Å²) < 4.78 is 31.8. The van der Waals surface area contributed by atoms with Crippen LogP contribution in [0.15, 0.2) is 29.2 Å². The Hall–Kier alpha value is -1.93. The van der Waals surface area contributed by atoms with E-state index in [4.69, 9.17) is 4.74 Å². The smallest absolute Gasteiger partial charge is 0.338 e. The highest BCUT2D eigenvalue weighted by molar-refractivity contribution is 7.89. The molecule has 0 heterocycles. The van der Waals surface area contributed by atoms with Crippen molar-refractivity contribution in [1.29, 1.82) is 0 Å². The highest BCUT2D eigenvalue weighted by Gasteiger charge is 2.26. The summed E-state index contributed by atoms with van der Waals surface area (Å²) in [5.41, 5.74) is 0.0948. The van der Waals surface area contributed by atoms with Crippen LogP contribution in [0.4, 0.5) is 0 Å². The van der Waals surface area contributed by atoms with Crippen molar-refractivity contribution in [1.82, 2.24) is 9.62 Å². The Labute approximate surface area is 173 Å². The molecular weight excluding hydrogens is 392 g/mol. The van der Waals surface area contributed by atoms with Crippen LogP contribution in [0, 0.1) is 0 Å². The number of esters is 1. The molecule has 0 aliphatic heterocycles. The zero-order chi connectivity index (χ0) is 21.6. The van der Waals surface area contributed by atoms with Crippen LogP contribution in [0.3, 0.4) is 0 Å². The van der Waals surface area contributed by atoms with E-state index in [9.17, 15) is 18.0 Å². The Morgan fingerprint density at radius 3 is 2.31 bits per heavy atom. The second-order valence-corrected chi connectivity index (χ2v) is 9.88. The van der Waals surface area contributed by atoms with Crippen molar-refractivity contribution in [3.8, 4) is 0 Å². The van der Waals surface area contributed by atoms with E-state index in [0.29, 0.717) is 0 Å². The number of ether oxygens (including phenoxy) is 1. The number of nitrogens with zero attached hydrogens (tertiary/aromatic N) is 1. The van der Waals surface area contributed by atoms with E-state index in [1.165, 1.54) is 55.4 Å². The molecule has 1 aromatic rings. The normalized spacial score (nSPS) is 17.0. The van der Waals surface area contributed by atoms with E-state index in [0.717, 1.165) is 25.7 Å². The van der Waals surface area contributed by atoms with Gasteiger partial charge in [0.05, 0.1) is 10.5 Å². The molecule has 0 radical (unpaired) electrons. The number of carbonyl (C=O) groups excluding carboxylic acids is 2. The lowest BCUT2D eigenvalue weighted by Crippen LogP contribution is -2.41. The average molecular weight is 425 g/mol. The molecule has 1 amide bonds. The summed E-state index contributed by atoms with van der Waals surface area (Å²) in [4.78, 5) is 24.9. The van der Waals surface area contributed by atoms with Crippen molar-refractivity contribution >= 4 is 21.9 Å². The van der Waals surface area contributed by atoms with Crippen LogP contribution < -0.4 is 5.32 Å². The first-order valence-corrected chi connectivity index (χ1v) is 11.7. The average Bonchev–Trinajstić information content (AvgIpc) is 2.95. The van der Waals surface area contributed by atoms with Gasteiger partial charge in [0.2, 0.25) is 10.0 Å². The van der Waals surface area contributed by atoms with Gasteiger partial charge in [0.15, 0.2) is 6.10 Å². The van der Waals surface area contributed by atoms with Gasteiger partial charge in [0.1, 0.15) is 0 Å².